The molecule has 0 aromatic heterocycles. The number of para-hydroxylation sites is 1. The highest BCUT2D eigenvalue weighted by Crippen LogP contribution is 2.41. The minimum Gasteiger partial charge on any atom is -0.497 e. The fourth-order valence-corrected chi connectivity index (χ4v) is 3.32. The number of methoxy groups -OCH3 is 1. The number of halogens is 3. The molecular weight excluding hydrogens is 365 g/mol. The van der Waals surface area contributed by atoms with E-state index in [4.69, 9.17) is 10.1 Å². The third kappa shape index (κ3) is 3.45. The molecule has 3 rings (SSSR count). The number of rotatable bonds is 3. The molecule has 1 amide bonds. The molecule has 134 valence electrons. The smallest absolute Gasteiger partial charge is 0.418 e. The van der Waals surface area contributed by atoms with Crippen LogP contribution in [0.25, 0.3) is 6.08 Å². The summed E-state index contributed by atoms with van der Waals surface area (Å²) < 4.78 is 44.7. The van der Waals surface area contributed by atoms with Gasteiger partial charge in [-0.2, -0.15) is 13.2 Å². The van der Waals surface area contributed by atoms with E-state index < -0.39 is 17.6 Å². The maximum absolute atomic E-state index is 13.2. The standard InChI is InChI=1S/C18H13F3N2O2S/c1-25-12-8-6-11(7-9-12)10-15-16(24)23(17(22)26-15)14-5-3-2-4-13(14)18(19,20)21/h2-10,22H,1H3/b15-10-,22-17?. The van der Waals surface area contributed by atoms with Gasteiger partial charge in [0.25, 0.3) is 5.91 Å². The first-order chi connectivity index (χ1) is 12.3. The fraction of sp³-hybridized carbons (Fsp3) is 0.111. The number of ether oxygens (including phenoxy) is 1. The average Bonchev–Trinajstić information content (AvgIpc) is 2.88. The van der Waals surface area contributed by atoms with Gasteiger partial charge in [0.05, 0.1) is 23.3 Å². The number of anilines is 1. The Balaban J connectivity index is 1.96. The number of alkyl halides is 3. The van der Waals surface area contributed by atoms with Crippen LogP contribution < -0.4 is 9.64 Å². The normalized spacial score (nSPS) is 16.5. The summed E-state index contributed by atoms with van der Waals surface area (Å²) >= 11 is 0.823. The maximum Gasteiger partial charge on any atom is 0.418 e. The number of carbonyl (C=O) groups is 1. The second-order valence-corrected chi connectivity index (χ2v) is 6.38. The van der Waals surface area contributed by atoms with Gasteiger partial charge < -0.3 is 4.74 Å². The van der Waals surface area contributed by atoms with Gasteiger partial charge in [0, 0.05) is 0 Å². The van der Waals surface area contributed by atoms with E-state index in [9.17, 15) is 18.0 Å². The van der Waals surface area contributed by atoms with Gasteiger partial charge in [-0.15, -0.1) is 0 Å². The summed E-state index contributed by atoms with van der Waals surface area (Å²) in [6.45, 7) is 0. The molecule has 0 atom stereocenters. The minimum absolute atomic E-state index is 0.178. The highest BCUT2D eigenvalue weighted by Gasteiger charge is 2.40. The molecule has 0 unspecified atom stereocenters. The molecule has 2 aromatic rings. The molecule has 4 nitrogen and oxygen atoms in total. The summed E-state index contributed by atoms with van der Waals surface area (Å²) in [6, 6.07) is 11.6. The molecule has 1 fully saturated rings. The third-order valence-corrected chi connectivity index (χ3v) is 4.58. The molecule has 1 heterocycles. The molecule has 1 aliphatic rings. The van der Waals surface area contributed by atoms with Gasteiger partial charge in [0.1, 0.15) is 5.75 Å². The Bertz CT molecular complexity index is 892. The second-order valence-electron chi connectivity index (χ2n) is 5.34. The Morgan fingerprint density at radius 2 is 1.77 bits per heavy atom. The van der Waals surface area contributed by atoms with Crippen LogP contribution in [0.5, 0.6) is 5.75 Å². The predicted octanol–water partition coefficient (Wildman–Crippen LogP) is 4.77. The van der Waals surface area contributed by atoms with Crippen molar-refractivity contribution in [3.63, 3.8) is 0 Å². The van der Waals surface area contributed by atoms with Crippen molar-refractivity contribution in [1.29, 1.82) is 5.41 Å². The van der Waals surface area contributed by atoms with Crippen LogP contribution in [0, 0.1) is 5.41 Å². The molecule has 2 aromatic carbocycles. The number of nitrogens with one attached hydrogen (secondary N) is 1. The zero-order chi connectivity index (χ0) is 18.9. The van der Waals surface area contributed by atoms with Crippen molar-refractivity contribution in [3.05, 3.63) is 64.6 Å². The lowest BCUT2D eigenvalue weighted by Crippen LogP contribution is -2.30. The Morgan fingerprint density at radius 1 is 1.12 bits per heavy atom. The number of hydrogen-bond donors (Lipinski definition) is 1. The van der Waals surface area contributed by atoms with E-state index >= 15 is 0 Å². The summed E-state index contributed by atoms with van der Waals surface area (Å²) in [5.74, 6) is -0.0152. The predicted molar refractivity (Wildman–Crippen MR) is 95.2 cm³/mol. The number of amidine groups is 1. The van der Waals surface area contributed by atoms with Crippen molar-refractivity contribution in [1.82, 2.24) is 0 Å². The molecule has 0 spiro atoms. The molecule has 1 saturated heterocycles. The van der Waals surface area contributed by atoms with Crippen molar-refractivity contribution < 1.29 is 22.7 Å². The summed E-state index contributed by atoms with van der Waals surface area (Å²) in [6.07, 6.45) is -3.08. The molecular formula is C18H13F3N2O2S. The van der Waals surface area contributed by atoms with Gasteiger partial charge in [-0.1, -0.05) is 24.3 Å². The van der Waals surface area contributed by atoms with E-state index in [1.54, 1.807) is 24.3 Å². The van der Waals surface area contributed by atoms with Crippen molar-refractivity contribution in [2.24, 2.45) is 0 Å². The summed E-state index contributed by atoms with van der Waals surface area (Å²) in [7, 11) is 1.53. The van der Waals surface area contributed by atoms with Crippen molar-refractivity contribution in [3.8, 4) is 5.75 Å². The van der Waals surface area contributed by atoms with Crippen LogP contribution >= 0.6 is 11.8 Å². The van der Waals surface area contributed by atoms with Gasteiger partial charge in [0.15, 0.2) is 5.17 Å². The monoisotopic (exact) mass is 378 g/mol. The lowest BCUT2D eigenvalue weighted by atomic mass is 10.1. The lowest BCUT2D eigenvalue weighted by molar-refractivity contribution is -0.137. The van der Waals surface area contributed by atoms with Gasteiger partial charge in [-0.25, -0.2) is 0 Å². The van der Waals surface area contributed by atoms with E-state index in [0.717, 1.165) is 22.7 Å². The Morgan fingerprint density at radius 3 is 2.38 bits per heavy atom. The van der Waals surface area contributed by atoms with Crippen molar-refractivity contribution >= 4 is 34.6 Å². The highest BCUT2D eigenvalue weighted by atomic mass is 32.2. The van der Waals surface area contributed by atoms with Crippen LogP contribution in [0.4, 0.5) is 18.9 Å². The number of benzene rings is 2. The van der Waals surface area contributed by atoms with Gasteiger partial charge >= 0.3 is 6.18 Å². The second kappa shape index (κ2) is 6.87. The topological polar surface area (TPSA) is 53.4 Å². The molecule has 8 heteroatoms. The van der Waals surface area contributed by atoms with Crippen LogP contribution in [0.2, 0.25) is 0 Å². The van der Waals surface area contributed by atoms with Crippen LogP contribution in [-0.2, 0) is 11.0 Å². The lowest BCUT2D eigenvalue weighted by Gasteiger charge is -2.19. The van der Waals surface area contributed by atoms with Crippen LogP contribution in [-0.4, -0.2) is 18.2 Å². The molecule has 26 heavy (non-hydrogen) atoms. The zero-order valence-corrected chi connectivity index (χ0v) is 14.3. The summed E-state index contributed by atoms with van der Waals surface area (Å²) in [5, 5.41) is 7.70. The minimum atomic E-state index is -4.62. The van der Waals surface area contributed by atoms with Crippen LogP contribution in [0.3, 0.4) is 0 Å². The third-order valence-electron chi connectivity index (χ3n) is 3.69. The summed E-state index contributed by atoms with van der Waals surface area (Å²) in [5.41, 5.74) is -0.620. The van der Waals surface area contributed by atoms with E-state index in [0.29, 0.717) is 11.3 Å². The Hall–Kier alpha value is -2.74. The average molecular weight is 378 g/mol. The van der Waals surface area contributed by atoms with Crippen molar-refractivity contribution in [2.45, 2.75) is 6.18 Å². The van der Waals surface area contributed by atoms with Crippen molar-refractivity contribution in [2.75, 3.05) is 12.0 Å². The first kappa shape index (κ1) is 18.1. The molecule has 0 bridgehead atoms. The summed E-state index contributed by atoms with van der Waals surface area (Å²) in [4.78, 5) is 13.6. The van der Waals surface area contributed by atoms with E-state index in [1.807, 2.05) is 0 Å². The molecule has 1 N–H and O–H groups in total. The Labute approximate surface area is 151 Å². The molecule has 0 saturated carbocycles. The molecule has 0 radical (unpaired) electrons. The van der Waals surface area contributed by atoms with Gasteiger partial charge in [0.2, 0.25) is 0 Å². The first-order valence-corrected chi connectivity index (χ1v) is 8.26. The van der Waals surface area contributed by atoms with E-state index in [2.05, 4.69) is 0 Å². The number of carbonyl (C=O) groups excluding carboxylic acids is 1. The number of hydrogen-bond acceptors (Lipinski definition) is 4. The molecule has 1 aliphatic heterocycles. The zero-order valence-electron chi connectivity index (χ0n) is 13.5. The number of thioether (sulfide) groups is 1. The number of nitrogens with zero attached hydrogens (tertiary/aromatic N) is 1. The quantitative estimate of drug-likeness (QED) is 0.783. The van der Waals surface area contributed by atoms with Gasteiger partial charge in [-0.3, -0.25) is 15.1 Å². The fourth-order valence-electron chi connectivity index (χ4n) is 2.47. The largest absolute Gasteiger partial charge is 0.497 e. The van der Waals surface area contributed by atoms with Crippen LogP contribution in [0.1, 0.15) is 11.1 Å². The van der Waals surface area contributed by atoms with E-state index in [1.165, 1.54) is 31.4 Å². The Kier molecular flexibility index (Phi) is 4.78. The van der Waals surface area contributed by atoms with E-state index in [-0.39, 0.29) is 15.8 Å². The highest BCUT2D eigenvalue weighted by molar-refractivity contribution is 8.19. The number of amides is 1. The maximum atomic E-state index is 13.2. The molecule has 0 aliphatic carbocycles. The SMILES string of the molecule is COc1ccc(/C=C2\SC(=N)N(c3ccccc3C(F)(F)F)C2=O)cc1. The first-order valence-electron chi connectivity index (χ1n) is 7.44. The van der Waals surface area contributed by atoms with Crippen LogP contribution in [0.15, 0.2) is 53.4 Å². The van der Waals surface area contributed by atoms with Gasteiger partial charge in [-0.05, 0) is 47.7 Å².